The van der Waals surface area contributed by atoms with Crippen molar-refractivity contribution < 1.29 is 14.7 Å². The molecule has 0 atom stereocenters. The lowest BCUT2D eigenvalue weighted by Gasteiger charge is -2.07. The highest BCUT2D eigenvalue weighted by molar-refractivity contribution is 7.99. The van der Waals surface area contributed by atoms with Crippen molar-refractivity contribution in [3.8, 4) is 0 Å². The first-order chi connectivity index (χ1) is 10.1. The van der Waals surface area contributed by atoms with Gasteiger partial charge in [0.25, 0.3) is 0 Å². The van der Waals surface area contributed by atoms with Crippen LogP contribution in [0.5, 0.6) is 0 Å². The molecule has 1 amide bonds. The Labute approximate surface area is 127 Å². The van der Waals surface area contributed by atoms with Gasteiger partial charge in [0, 0.05) is 11.4 Å². The molecule has 0 aliphatic heterocycles. The Kier molecular flexibility index (Phi) is 5.40. The Bertz CT molecular complexity index is 628. The molecule has 0 radical (unpaired) electrons. The van der Waals surface area contributed by atoms with Gasteiger partial charge in [0.05, 0.1) is 11.7 Å². The largest absolute Gasteiger partial charge is 0.545 e. The van der Waals surface area contributed by atoms with E-state index in [1.165, 1.54) is 17.8 Å². The lowest BCUT2D eigenvalue weighted by molar-refractivity contribution is -0.255. The summed E-state index contributed by atoms with van der Waals surface area (Å²) in [6, 6.07) is 15.8. The van der Waals surface area contributed by atoms with E-state index in [9.17, 15) is 14.7 Å². The second-order valence-electron chi connectivity index (χ2n) is 4.39. The maximum atomic E-state index is 11.7. The molecule has 21 heavy (non-hydrogen) atoms. The second kappa shape index (κ2) is 7.50. The molecule has 0 heterocycles. The summed E-state index contributed by atoms with van der Waals surface area (Å²) in [5.41, 5.74) is 1.78. The average molecular weight is 300 g/mol. The van der Waals surface area contributed by atoms with E-state index in [-0.39, 0.29) is 11.5 Å². The minimum Gasteiger partial charge on any atom is -0.545 e. The lowest BCUT2D eigenvalue weighted by Crippen LogP contribution is -2.22. The van der Waals surface area contributed by atoms with Crippen molar-refractivity contribution in [2.24, 2.45) is 0 Å². The third-order valence-corrected chi connectivity index (χ3v) is 3.73. The minimum atomic E-state index is -1.19. The monoisotopic (exact) mass is 300 g/mol. The zero-order valence-corrected chi connectivity index (χ0v) is 12.1. The van der Waals surface area contributed by atoms with E-state index in [0.717, 1.165) is 11.3 Å². The minimum absolute atomic E-state index is 0.0812. The molecular formula is C16H14NO3S-. The predicted molar refractivity (Wildman–Crippen MR) is 82.0 cm³/mol. The molecule has 0 saturated carbocycles. The van der Waals surface area contributed by atoms with E-state index >= 15 is 0 Å². The van der Waals surface area contributed by atoms with Crippen LogP contribution in [0.1, 0.15) is 15.9 Å². The molecule has 2 aromatic carbocycles. The average Bonchev–Trinajstić information content (AvgIpc) is 2.48. The molecule has 0 aliphatic carbocycles. The van der Waals surface area contributed by atoms with E-state index in [4.69, 9.17) is 0 Å². The van der Waals surface area contributed by atoms with Crippen molar-refractivity contribution in [2.75, 3.05) is 11.1 Å². The van der Waals surface area contributed by atoms with Crippen LogP contribution in [-0.4, -0.2) is 17.6 Å². The number of carbonyl (C=O) groups is 2. The third kappa shape index (κ3) is 4.96. The molecule has 2 rings (SSSR count). The summed E-state index contributed by atoms with van der Waals surface area (Å²) < 4.78 is 0. The van der Waals surface area contributed by atoms with E-state index in [1.807, 2.05) is 36.4 Å². The van der Waals surface area contributed by atoms with Crippen molar-refractivity contribution in [3.05, 3.63) is 65.7 Å². The Morgan fingerprint density at radius 2 is 1.81 bits per heavy atom. The normalized spacial score (nSPS) is 10.1. The van der Waals surface area contributed by atoms with Crippen molar-refractivity contribution in [2.45, 2.75) is 5.75 Å². The Morgan fingerprint density at radius 3 is 2.52 bits per heavy atom. The van der Waals surface area contributed by atoms with Gasteiger partial charge < -0.3 is 15.2 Å². The zero-order chi connectivity index (χ0) is 15.1. The van der Waals surface area contributed by atoms with Crippen LogP contribution in [0.2, 0.25) is 0 Å². The van der Waals surface area contributed by atoms with Gasteiger partial charge in [0.15, 0.2) is 0 Å². The number of carboxylic acids is 1. The SMILES string of the molecule is O=C(CSCc1cccc(C(=O)[O-])c1)Nc1ccccc1. The van der Waals surface area contributed by atoms with Gasteiger partial charge in [0.2, 0.25) is 5.91 Å². The van der Waals surface area contributed by atoms with Gasteiger partial charge in [-0.3, -0.25) is 4.79 Å². The zero-order valence-electron chi connectivity index (χ0n) is 11.2. The van der Waals surface area contributed by atoms with Crippen molar-refractivity contribution >= 4 is 29.3 Å². The Morgan fingerprint density at radius 1 is 1.05 bits per heavy atom. The molecule has 0 spiro atoms. The third-order valence-electron chi connectivity index (χ3n) is 2.72. The van der Waals surface area contributed by atoms with Crippen LogP contribution in [0, 0.1) is 0 Å². The van der Waals surface area contributed by atoms with Gasteiger partial charge in [-0.1, -0.05) is 36.4 Å². The molecule has 4 nitrogen and oxygen atoms in total. The van der Waals surface area contributed by atoms with E-state index in [1.54, 1.807) is 12.1 Å². The van der Waals surface area contributed by atoms with Crippen molar-refractivity contribution in [3.63, 3.8) is 0 Å². The molecule has 0 unspecified atom stereocenters. The Balaban J connectivity index is 1.80. The highest BCUT2D eigenvalue weighted by Crippen LogP contribution is 2.14. The number of para-hydroxylation sites is 1. The number of carbonyl (C=O) groups excluding carboxylic acids is 2. The first-order valence-electron chi connectivity index (χ1n) is 6.38. The van der Waals surface area contributed by atoms with Gasteiger partial charge in [0.1, 0.15) is 0 Å². The highest BCUT2D eigenvalue weighted by Gasteiger charge is 2.03. The standard InChI is InChI=1S/C16H15NO3S/c18-15(17-14-7-2-1-3-8-14)11-21-10-12-5-4-6-13(9-12)16(19)20/h1-9H,10-11H2,(H,17,18)(H,19,20)/p-1. The summed E-state index contributed by atoms with van der Waals surface area (Å²) >= 11 is 1.43. The van der Waals surface area contributed by atoms with Gasteiger partial charge in [-0.25, -0.2) is 0 Å². The fourth-order valence-electron chi connectivity index (χ4n) is 1.77. The molecule has 0 aromatic heterocycles. The van der Waals surface area contributed by atoms with Crippen molar-refractivity contribution in [1.82, 2.24) is 0 Å². The molecule has 0 saturated heterocycles. The molecule has 0 fully saturated rings. The summed E-state index contributed by atoms with van der Waals surface area (Å²) in [6.45, 7) is 0. The predicted octanol–water partition coefficient (Wildman–Crippen LogP) is 1.92. The summed E-state index contributed by atoms with van der Waals surface area (Å²) in [5.74, 6) is -0.390. The fourth-order valence-corrected chi connectivity index (χ4v) is 2.54. The van der Waals surface area contributed by atoms with E-state index < -0.39 is 5.97 Å². The fraction of sp³-hybridized carbons (Fsp3) is 0.125. The summed E-state index contributed by atoms with van der Waals surface area (Å²) in [5, 5.41) is 13.6. The van der Waals surface area contributed by atoms with Gasteiger partial charge in [-0.2, -0.15) is 0 Å². The number of nitrogens with one attached hydrogen (secondary N) is 1. The molecular weight excluding hydrogens is 286 g/mol. The topological polar surface area (TPSA) is 69.2 Å². The van der Waals surface area contributed by atoms with Gasteiger partial charge in [-0.05, 0) is 29.3 Å². The van der Waals surface area contributed by atoms with Crippen LogP contribution in [0.4, 0.5) is 5.69 Å². The number of aromatic carboxylic acids is 1. The summed E-state index contributed by atoms with van der Waals surface area (Å²) in [4.78, 5) is 22.5. The van der Waals surface area contributed by atoms with Crippen LogP contribution < -0.4 is 10.4 Å². The van der Waals surface area contributed by atoms with Crippen LogP contribution in [-0.2, 0) is 10.5 Å². The number of hydrogen-bond acceptors (Lipinski definition) is 4. The molecule has 0 bridgehead atoms. The molecule has 0 aliphatic rings. The first kappa shape index (κ1) is 15.1. The quantitative estimate of drug-likeness (QED) is 0.885. The number of rotatable bonds is 6. The molecule has 108 valence electrons. The lowest BCUT2D eigenvalue weighted by atomic mass is 10.1. The first-order valence-corrected chi connectivity index (χ1v) is 7.53. The number of benzene rings is 2. The van der Waals surface area contributed by atoms with Crippen molar-refractivity contribution in [1.29, 1.82) is 0 Å². The summed E-state index contributed by atoms with van der Waals surface area (Å²) in [6.07, 6.45) is 0. The molecule has 2 aromatic rings. The van der Waals surface area contributed by atoms with Crippen LogP contribution in [0.3, 0.4) is 0 Å². The second-order valence-corrected chi connectivity index (χ2v) is 5.38. The van der Waals surface area contributed by atoms with Crippen LogP contribution >= 0.6 is 11.8 Å². The smallest absolute Gasteiger partial charge is 0.234 e. The number of carboxylic acid groups (broad SMARTS) is 1. The number of anilines is 1. The van der Waals surface area contributed by atoms with Gasteiger partial charge in [-0.15, -0.1) is 11.8 Å². The van der Waals surface area contributed by atoms with Crippen LogP contribution in [0.15, 0.2) is 54.6 Å². The van der Waals surface area contributed by atoms with Crippen LogP contribution in [0.25, 0.3) is 0 Å². The van der Waals surface area contributed by atoms with E-state index in [0.29, 0.717) is 11.5 Å². The maximum Gasteiger partial charge on any atom is 0.234 e. The highest BCUT2D eigenvalue weighted by atomic mass is 32.2. The summed E-state index contributed by atoms with van der Waals surface area (Å²) in [7, 11) is 0. The maximum absolute atomic E-state index is 11.7. The molecule has 1 N–H and O–H groups in total. The number of hydrogen-bond donors (Lipinski definition) is 1. The van der Waals surface area contributed by atoms with Gasteiger partial charge >= 0.3 is 0 Å². The number of amides is 1. The Hall–Kier alpha value is -2.27. The van der Waals surface area contributed by atoms with E-state index in [2.05, 4.69) is 5.32 Å². The molecule has 5 heteroatoms. The number of thioether (sulfide) groups is 1.